The molecule has 0 N–H and O–H groups in total. The number of benzene rings is 2. The van der Waals surface area contributed by atoms with Gasteiger partial charge in [-0.2, -0.15) is 0 Å². The van der Waals surface area contributed by atoms with E-state index in [2.05, 4.69) is 19.9 Å². The first kappa shape index (κ1) is 22.0. The molecule has 2 aromatic carbocycles. The van der Waals surface area contributed by atoms with Crippen molar-refractivity contribution in [2.24, 2.45) is 0 Å². The van der Waals surface area contributed by atoms with Crippen molar-refractivity contribution in [2.75, 3.05) is 33.7 Å². The molecule has 0 bridgehead atoms. The van der Waals surface area contributed by atoms with Crippen molar-refractivity contribution in [1.29, 1.82) is 0 Å². The van der Waals surface area contributed by atoms with E-state index in [4.69, 9.17) is 23.7 Å². The van der Waals surface area contributed by atoms with Crippen LogP contribution in [0.4, 0.5) is 0 Å². The summed E-state index contributed by atoms with van der Waals surface area (Å²) in [6.07, 6.45) is 6.41. The Kier molecular flexibility index (Phi) is 8.45. The Balaban J connectivity index is 1.82. The summed E-state index contributed by atoms with van der Waals surface area (Å²) in [6.45, 7) is 6.38. The summed E-state index contributed by atoms with van der Waals surface area (Å²) in [5.41, 5.74) is 3.13. The zero-order valence-electron chi connectivity index (χ0n) is 18.2. The molecule has 5 heteroatoms. The zero-order chi connectivity index (χ0) is 21.2. The van der Waals surface area contributed by atoms with E-state index < -0.39 is 0 Å². The van der Waals surface area contributed by atoms with Crippen molar-refractivity contribution < 1.29 is 23.7 Å². The van der Waals surface area contributed by atoms with Crippen LogP contribution in [0.3, 0.4) is 0 Å². The third kappa shape index (κ3) is 5.92. The van der Waals surface area contributed by atoms with E-state index in [1.807, 2.05) is 36.4 Å². The molecule has 0 aromatic heterocycles. The maximum Gasteiger partial charge on any atom is 0.188 e. The second kappa shape index (κ2) is 11.5. The molecule has 0 saturated heterocycles. The summed E-state index contributed by atoms with van der Waals surface area (Å²) in [6, 6.07) is 11.9. The third-order valence-corrected chi connectivity index (χ3v) is 4.86. The molecule has 2 aromatic rings. The molecule has 0 radical (unpaired) electrons. The van der Waals surface area contributed by atoms with Gasteiger partial charge < -0.3 is 23.7 Å². The van der Waals surface area contributed by atoms with E-state index in [1.54, 1.807) is 7.11 Å². The number of methoxy groups -OCH3 is 1. The highest BCUT2D eigenvalue weighted by atomic mass is 16.7. The SMILES string of the molecule is CCCCOc1ccc2c(c1)OCC(c1ccc(OCOC)cc1OCCCC)=C2. The van der Waals surface area contributed by atoms with Crippen LogP contribution in [0.25, 0.3) is 11.6 Å². The molecule has 1 heterocycles. The van der Waals surface area contributed by atoms with Crippen LogP contribution in [0.2, 0.25) is 0 Å². The van der Waals surface area contributed by atoms with Gasteiger partial charge in [-0.1, -0.05) is 26.7 Å². The van der Waals surface area contributed by atoms with Crippen LogP contribution in [-0.4, -0.2) is 33.7 Å². The summed E-state index contributed by atoms with van der Waals surface area (Å²) in [5.74, 6) is 3.22. The highest BCUT2D eigenvalue weighted by Gasteiger charge is 2.18. The lowest BCUT2D eigenvalue weighted by Gasteiger charge is -2.21. The van der Waals surface area contributed by atoms with Crippen LogP contribution in [-0.2, 0) is 4.74 Å². The smallest absolute Gasteiger partial charge is 0.188 e. The van der Waals surface area contributed by atoms with E-state index in [9.17, 15) is 0 Å². The Morgan fingerprint density at radius 1 is 0.867 bits per heavy atom. The summed E-state index contributed by atoms with van der Waals surface area (Å²) >= 11 is 0. The van der Waals surface area contributed by atoms with Gasteiger partial charge in [0.05, 0.1) is 13.2 Å². The quantitative estimate of drug-likeness (QED) is 0.318. The van der Waals surface area contributed by atoms with Crippen molar-refractivity contribution in [3.63, 3.8) is 0 Å². The molecule has 30 heavy (non-hydrogen) atoms. The summed E-state index contributed by atoms with van der Waals surface area (Å²) < 4.78 is 28.5. The van der Waals surface area contributed by atoms with Crippen molar-refractivity contribution >= 4 is 11.6 Å². The summed E-state index contributed by atoms with van der Waals surface area (Å²) in [7, 11) is 1.61. The van der Waals surface area contributed by atoms with Gasteiger partial charge in [0.25, 0.3) is 0 Å². The molecular weight excluding hydrogens is 380 g/mol. The number of unbranched alkanes of at least 4 members (excludes halogenated alkanes) is 2. The van der Waals surface area contributed by atoms with Gasteiger partial charge >= 0.3 is 0 Å². The molecule has 0 unspecified atom stereocenters. The van der Waals surface area contributed by atoms with Gasteiger partial charge in [0.2, 0.25) is 0 Å². The largest absolute Gasteiger partial charge is 0.493 e. The van der Waals surface area contributed by atoms with Gasteiger partial charge in [0.1, 0.15) is 29.6 Å². The summed E-state index contributed by atoms with van der Waals surface area (Å²) in [5, 5.41) is 0. The molecule has 0 fully saturated rings. The van der Waals surface area contributed by atoms with Gasteiger partial charge in [-0.3, -0.25) is 0 Å². The maximum absolute atomic E-state index is 6.08. The fourth-order valence-corrected chi connectivity index (χ4v) is 3.15. The van der Waals surface area contributed by atoms with Crippen molar-refractivity contribution in [2.45, 2.75) is 39.5 Å². The van der Waals surface area contributed by atoms with E-state index in [-0.39, 0.29) is 6.79 Å². The lowest BCUT2D eigenvalue weighted by Crippen LogP contribution is -2.09. The fraction of sp³-hybridized carbons (Fsp3) is 0.440. The topological polar surface area (TPSA) is 46.2 Å². The Morgan fingerprint density at radius 3 is 2.37 bits per heavy atom. The number of ether oxygens (including phenoxy) is 5. The zero-order valence-corrected chi connectivity index (χ0v) is 18.2. The standard InChI is InChI=1S/C25H32O5/c1-4-6-12-27-21-9-8-19-14-20(17-29-24(19)15-21)23-11-10-22(30-18-26-3)16-25(23)28-13-7-5-2/h8-11,14-16H,4-7,12-13,17-18H2,1-3H3. The molecule has 3 rings (SSSR count). The van der Waals surface area contributed by atoms with E-state index in [0.29, 0.717) is 13.2 Å². The highest BCUT2D eigenvalue weighted by molar-refractivity contribution is 5.88. The Labute approximate surface area is 179 Å². The molecular formula is C25H32O5. The van der Waals surface area contributed by atoms with Crippen molar-refractivity contribution in [1.82, 2.24) is 0 Å². The predicted octanol–water partition coefficient (Wildman–Crippen LogP) is 5.96. The van der Waals surface area contributed by atoms with Gasteiger partial charge in [-0.15, -0.1) is 0 Å². The van der Waals surface area contributed by atoms with Crippen molar-refractivity contribution in [3.05, 3.63) is 47.5 Å². The van der Waals surface area contributed by atoms with Crippen molar-refractivity contribution in [3.8, 4) is 23.0 Å². The molecule has 5 nitrogen and oxygen atoms in total. The number of rotatable bonds is 12. The fourth-order valence-electron chi connectivity index (χ4n) is 3.15. The molecule has 0 spiro atoms. The third-order valence-electron chi connectivity index (χ3n) is 4.86. The molecule has 0 aliphatic carbocycles. The van der Waals surface area contributed by atoms with Crippen LogP contribution in [0.1, 0.15) is 50.7 Å². The molecule has 162 valence electrons. The Hall–Kier alpha value is -2.66. The second-order valence-corrected chi connectivity index (χ2v) is 7.27. The van der Waals surface area contributed by atoms with Gasteiger partial charge in [0.15, 0.2) is 6.79 Å². The van der Waals surface area contributed by atoms with Crippen LogP contribution in [0.15, 0.2) is 36.4 Å². The van der Waals surface area contributed by atoms with E-state index in [0.717, 1.165) is 72.0 Å². The lowest BCUT2D eigenvalue weighted by atomic mass is 9.99. The summed E-state index contributed by atoms with van der Waals surface area (Å²) in [4.78, 5) is 0. The highest BCUT2D eigenvalue weighted by Crippen LogP contribution is 2.37. The first-order valence-corrected chi connectivity index (χ1v) is 10.7. The van der Waals surface area contributed by atoms with Crippen LogP contribution in [0, 0.1) is 0 Å². The van der Waals surface area contributed by atoms with Gasteiger partial charge in [-0.05, 0) is 43.2 Å². The minimum atomic E-state index is 0.204. The maximum atomic E-state index is 6.08. The van der Waals surface area contributed by atoms with Crippen LogP contribution in [0.5, 0.6) is 23.0 Å². The molecule has 0 amide bonds. The average molecular weight is 413 g/mol. The number of hydrogen-bond acceptors (Lipinski definition) is 5. The predicted molar refractivity (Wildman–Crippen MR) is 120 cm³/mol. The molecule has 1 aliphatic rings. The minimum absolute atomic E-state index is 0.204. The number of hydrogen-bond donors (Lipinski definition) is 0. The molecule has 0 saturated carbocycles. The lowest BCUT2D eigenvalue weighted by molar-refractivity contribution is 0.0509. The normalized spacial score (nSPS) is 12.6. The second-order valence-electron chi connectivity index (χ2n) is 7.27. The monoisotopic (exact) mass is 412 g/mol. The van der Waals surface area contributed by atoms with E-state index in [1.165, 1.54) is 0 Å². The van der Waals surface area contributed by atoms with E-state index >= 15 is 0 Å². The van der Waals surface area contributed by atoms with Crippen LogP contribution < -0.4 is 18.9 Å². The Bertz CT molecular complexity index is 843. The van der Waals surface area contributed by atoms with Gasteiger partial charge in [-0.25, -0.2) is 0 Å². The molecule has 1 aliphatic heterocycles. The van der Waals surface area contributed by atoms with Gasteiger partial charge in [0, 0.05) is 35.9 Å². The number of fused-ring (bicyclic) bond motifs is 1. The molecule has 0 atom stereocenters. The Morgan fingerprint density at radius 2 is 1.60 bits per heavy atom. The first-order valence-electron chi connectivity index (χ1n) is 10.7. The first-order chi connectivity index (χ1) is 14.7. The average Bonchev–Trinajstić information content (AvgIpc) is 2.78. The minimum Gasteiger partial charge on any atom is -0.493 e. The van der Waals surface area contributed by atoms with Crippen LogP contribution >= 0.6 is 0 Å².